The molecule has 44 valence electrons. The Kier molecular flexibility index (Phi) is 3.21. The van der Waals surface area contributed by atoms with Gasteiger partial charge in [0.05, 0.1) is 5.82 Å². The van der Waals surface area contributed by atoms with Gasteiger partial charge in [-0.25, -0.2) is 4.39 Å². The Balaban J connectivity index is 3.01. The van der Waals surface area contributed by atoms with E-state index in [-0.39, 0.29) is 22.3 Å². The molecule has 0 spiro atoms. The zero-order valence-electron chi connectivity index (χ0n) is 4.77. The molecule has 0 nitrogen and oxygen atoms in total. The Morgan fingerprint density at radius 3 is 2.44 bits per heavy atom. The molecule has 0 saturated heterocycles. The van der Waals surface area contributed by atoms with E-state index in [2.05, 4.69) is 18.9 Å². The highest BCUT2D eigenvalue weighted by molar-refractivity contribution is 14.1. The summed E-state index contributed by atoms with van der Waals surface area (Å²) in [7, 11) is 0. The van der Waals surface area contributed by atoms with Crippen LogP contribution < -0.4 is 3.69 Å². The molecule has 3 heteroatoms. The Hall–Kier alpha value is 0.646. The largest absolute Gasteiger partial charge is 0.507 e. The maximum Gasteiger partial charge on any atom is 0.507 e. The quantitative estimate of drug-likeness (QED) is 0.520. The zero-order valence-corrected chi connectivity index (χ0v) is 8.34. The van der Waals surface area contributed by atoms with Crippen molar-refractivity contribution in [3.05, 3.63) is 30.1 Å². The Labute approximate surface area is 72.9 Å². The van der Waals surface area contributed by atoms with Gasteiger partial charge >= 0.3 is 16.5 Å². The molecule has 0 aliphatic rings. The summed E-state index contributed by atoms with van der Waals surface area (Å²) in [6.45, 7) is 0. The predicted molar refractivity (Wildman–Crippen MR) is 45.8 cm³/mol. The third-order valence-electron chi connectivity index (χ3n) is 1.10. The van der Waals surface area contributed by atoms with Gasteiger partial charge in [-0.2, -0.15) is 0 Å². The van der Waals surface area contributed by atoms with Crippen molar-refractivity contribution in [2.24, 2.45) is 0 Å². The van der Waals surface area contributed by atoms with Crippen molar-refractivity contribution in [2.75, 3.05) is 0 Å². The summed E-state index contributed by atoms with van der Waals surface area (Å²) in [4.78, 5) is 0. The average molecular weight is 246 g/mol. The van der Waals surface area contributed by atoms with E-state index >= 15 is 0 Å². The van der Waals surface area contributed by atoms with Gasteiger partial charge in [-0.15, -0.1) is 3.69 Å². The highest BCUT2D eigenvalue weighted by Crippen LogP contribution is 1.92. The van der Waals surface area contributed by atoms with Crippen molar-refractivity contribution >= 4 is 39.0 Å². The molecule has 1 aromatic rings. The molecular formula is C6H4FIMg. The number of benzene rings is 1. The third-order valence-corrected chi connectivity index (χ3v) is 4.43. The van der Waals surface area contributed by atoms with Crippen LogP contribution in [0.15, 0.2) is 24.3 Å². The molecule has 0 N–H and O–H groups in total. The average Bonchev–Trinajstić information content (AvgIpc) is 1.89. The van der Waals surface area contributed by atoms with Gasteiger partial charge in [-0.1, -0.05) is 18.2 Å². The molecule has 1 aromatic carbocycles. The first-order valence-electron chi connectivity index (χ1n) is 2.64. The molecule has 0 aromatic heterocycles. The normalized spacial score (nSPS) is 8.67. The first-order valence-corrected chi connectivity index (χ1v) is 8.46. The smallest absolute Gasteiger partial charge is 0.290 e. The summed E-state index contributed by atoms with van der Waals surface area (Å²) >= 11 is 1.94. The molecule has 0 aliphatic heterocycles. The molecule has 0 bridgehead atoms. The summed E-state index contributed by atoms with van der Waals surface area (Å²) in [6, 6.07) is 6.97. The van der Waals surface area contributed by atoms with Gasteiger partial charge in [-0.05, 0) is 6.07 Å². The second kappa shape index (κ2) is 3.73. The maximum absolute atomic E-state index is 12.6. The van der Waals surface area contributed by atoms with E-state index in [4.69, 9.17) is 0 Å². The van der Waals surface area contributed by atoms with Gasteiger partial charge in [-0.3, -0.25) is 18.9 Å². The lowest BCUT2D eigenvalue weighted by atomic mass is 10.3. The van der Waals surface area contributed by atoms with Crippen LogP contribution in [0.25, 0.3) is 0 Å². The van der Waals surface area contributed by atoms with E-state index in [0.29, 0.717) is 0 Å². The lowest BCUT2D eigenvalue weighted by Crippen LogP contribution is -2.11. The van der Waals surface area contributed by atoms with E-state index in [1.807, 2.05) is 12.1 Å². The van der Waals surface area contributed by atoms with Gasteiger partial charge in [0.25, 0.3) is 0 Å². The first-order chi connectivity index (χ1) is 4.34. The minimum atomic E-state index is -0.343. The summed E-state index contributed by atoms with van der Waals surface area (Å²) < 4.78 is 13.5. The summed E-state index contributed by atoms with van der Waals surface area (Å²) in [6.07, 6.45) is 0. The summed E-state index contributed by atoms with van der Waals surface area (Å²) in [5, 5.41) is 0. The van der Waals surface area contributed by atoms with Gasteiger partial charge < -0.3 is 0 Å². The number of halogens is 2. The minimum Gasteiger partial charge on any atom is -0.290 e. The molecule has 9 heavy (non-hydrogen) atoms. The molecule has 1 rings (SSSR count). The Morgan fingerprint density at radius 2 is 2.00 bits per heavy atom. The van der Waals surface area contributed by atoms with Gasteiger partial charge in [0, 0.05) is 0 Å². The van der Waals surface area contributed by atoms with Crippen molar-refractivity contribution in [1.82, 2.24) is 0 Å². The van der Waals surface area contributed by atoms with Crippen LogP contribution >= 0.6 is 18.9 Å². The van der Waals surface area contributed by atoms with E-state index in [1.54, 1.807) is 6.07 Å². The van der Waals surface area contributed by atoms with Crippen LogP contribution in [-0.4, -0.2) is 16.5 Å². The summed E-state index contributed by atoms with van der Waals surface area (Å²) in [5.41, 5.74) is 0. The van der Waals surface area contributed by atoms with E-state index in [9.17, 15) is 4.39 Å². The standard InChI is InChI=1S/C6H4F.HI.Mg/c7-6-4-2-1-3-5-6;;/h1-4H;1H;/q;;+1/p-1. The van der Waals surface area contributed by atoms with Crippen LogP contribution in [0.3, 0.4) is 0 Å². The second-order valence-electron chi connectivity index (χ2n) is 1.73. The molecule has 0 fully saturated rings. The van der Waals surface area contributed by atoms with Crippen LogP contribution in [0, 0.1) is 5.82 Å². The SMILES string of the molecule is Fc1cccc[c]1[Mg][I]. The van der Waals surface area contributed by atoms with Crippen molar-refractivity contribution in [1.29, 1.82) is 0 Å². The molecule has 0 aliphatic carbocycles. The van der Waals surface area contributed by atoms with Crippen molar-refractivity contribution in [3.63, 3.8) is 0 Å². The Bertz CT molecular complexity index is 202. The third kappa shape index (κ3) is 2.05. The molecule has 0 unspecified atom stereocenters. The van der Waals surface area contributed by atoms with Gasteiger partial charge in [0.2, 0.25) is 0 Å². The Morgan fingerprint density at radius 1 is 1.33 bits per heavy atom. The fourth-order valence-corrected chi connectivity index (χ4v) is 2.93. The molecule has 0 saturated carbocycles. The van der Waals surface area contributed by atoms with Crippen LogP contribution in [0.5, 0.6) is 0 Å². The number of hydrogen-bond donors (Lipinski definition) is 0. The maximum atomic E-state index is 12.6. The summed E-state index contributed by atoms with van der Waals surface area (Å²) in [5.74, 6) is -0.0430. The molecular weight excluding hydrogens is 242 g/mol. The van der Waals surface area contributed by atoms with Crippen molar-refractivity contribution in [2.45, 2.75) is 0 Å². The number of rotatable bonds is 1. The van der Waals surface area contributed by atoms with Crippen molar-refractivity contribution < 1.29 is 4.39 Å². The molecule has 0 amide bonds. The fourth-order valence-electron chi connectivity index (χ4n) is 0.607. The van der Waals surface area contributed by atoms with Crippen LogP contribution in [0.4, 0.5) is 4.39 Å². The van der Waals surface area contributed by atoms with Crippen LogP contribution in [0.2, 0.25) is 0 Å². The van der Waals surface area contributed by atoms with Gasteiger partial charge in [0.15, 0.2) is 0 Å². The van der Waals surface area contributed by atoms with E-state index in [1.165, 1.54) is 6.07 Å². The zero-order chi connectivity index (χ0) is 6.69. The highest BCUT2D eigenvalue weighted by Gasteiger charge is 1.98. The second-order valence-corrected chi connectivity index (χ2v) is 5.04. The lowest BCUT2D eigenvalue weighted by molar-refractivity contribution is 0.636. The van der Waals surface area contributed by atoms with Crippen molar-refractivity contribution in [3.8, 4) is 0 Å². The lowest BCUT2D eigenvalue weighted by Gasteiger charge is -1.93. The fraction of sp³-hybridized carbons (Fsp3) is 0. The number of hydrogen-bond acceptors (Lipinski definition) is 0. The van der Waals surface area contributed by atoms with E-state index < -0.39 is 0 Å². The van der Waals surface area contributed by atoms with Crippen LogP contribution in [0.1, 0.15) is 0 Å². The monoisotopic (exact) mass is 246 g/mol. The highest BCUT2D eigenvalue weighted by atomic mass is 127. The van der Waals surface area contributed by atoms with Crippen LogP contribution in [-0.2, 0) is 0 Å². The van der Waals surface area contributed by atoms with Gasteiger partial charge in [0.1, 0.15) is 0 Å². The molecule has 0 heterocycles. The first kappa shape index (κ1) is 7.75. The minimum absolute atomic E-state index is 0.0430. The molecule has 0 atom stereocenters. The topological polar surface area (TPSA) is 0 Å². The molecule has 0 radical (unpaired) electrons. The van der Waals surface area contributed by atoms with E-state index in [0.717, 1.165) is 3.69 Å². The predicted octanol–water partition coefficient (Wildman–Crippen LogP) is 1.51.